The van der Waals surface area contributed by atoms with Gasteiger partial charge in [-0.3, -0.25) is 4.79 Å². The van der Waals surface area contributed by atoms with Crippen LogP contribution in [0.5, 0.6) is 0 Å². The molecular formula is C21H27NOS. The molecule has 3 heteroatoms. The van der Waals surface area contributed by atoms with Crippen molar-refractivity contribution in [3.63, 3.8) is 0 Å². The number of carbonyl (C=O) groups is 1. The highest BCUT2D eigenvalue weighted by molar-refractivity contribution is 8.00. The van der Waals surface area contributed by atoms with Crippen LogP contribution in [0.1, 0.15) is 44.1 Å². The zero-order valence-corrected chi connectivity index (χ0v) is 15.1. The van der Waals surface area contributed by atoms with Crippen molar-refractivity contribution in [1.82, 2.24) is 5.32 Å². The Morgan fingerprint density at radius 2 is 1.71 bits per heavy atom. The molecule has 0 radical (unpaired) electrons. The van der Waals surface area contributed by atoms with Gasteiger partial charge in [-0.25, -0.2) is 0 Å². The number of benzene rings is 1. The predicted octanol–water partition coefficient (Wildman–Crippen LogP) is 4.52. The zero-order valence-electron chi connectivity index (χ0n) is 14.2. The lowest BCUT2D eigenvalue weighted by atomic mass is 9.53. The molecule has 1 N–H and O–H groups in total. The van der Waals surface area contributed by atoms with Gasteiger partial charge < -0.3 is 5.32 Å². The average molecular weight is 342 g/mol. The number of carbonyl (C=O) groups excluding carboxylic acids is 1. The van der Waals surface area contributed by atoms with Crippen LogP contribution < -0.4 is 5.32 Å². The summed E-state index contributed by atoms with van der Waals surface area (Å²) < 4.78 is 0. The zero-order chi connectivity index (χ0) is 16.4. The molecule has 2 nitrogen and oxygen atoms in total. The van der Waals surface area contributed by atoms with Crippen LogP contribution in [0.3, 0.4) is 0 Å². The maximum atomic E-state index is 12.4. The smallest absolute Gasteiger partial charge is 0.230 e. The number of rotatable bonds is 6. The van der Waals surface area contributed by atoms with Gasteiger partial charge in [0.15, 0.2) is 0 Å². The van der Waals surface area contributed by atoms with Crippen LogP contribution in [0.15, 0.2) is 36.4 Å². The molecule has 4 fully saturated rings. The third-order valence-corrected chi connectivity index (χ3v) is 6.89. The minimum atomic E-state index is 0.159. The molecule has 128 valence electrons. The molecule has 4 aliphatic rings. The van der Waals surface area contributed by atoms with Crippen molar-refractivity contribution in [3.8, 4) is 0 Å². The number of amides is 1. The maximum Gasteiger partial charge on any atom is 0.230 e. The highest BCUT2D eigenvalue weighted by Crippen LogP contribution is 2.55. The molecule has 5 rings (SSSR count). The molecule has 0 aromatic heterocycles. The molecule has 0 aliphatic heterocycles. The van der Waals surface area contributed by atoms with E-state index in [1.54, 1.807) is 11.8 Å². The summed E-state index contributed by atoms with van der Waals surface area (Å²) in [5.74, 6) is 4.38. The van der Waals surface area contributed by atoms with E-state index in [1.807, 2.05) is 18.2 Å². The molecule has 1 aromatic carbocycles. The third-order valence-electron chi connectivity index (χ3n) is 6.00. The third kappa shape index (κ3) is 3.72. The molecule has 0 spiro atoms. The van der Waals surface area contributed by atoms with Crippen LogP contribution in [-0.4, -0.2) is 23.0 Å². The molecule has 4 bridgehead atoms. The minimum Gasteiger partial charge on any atom is -0.350 e. The summed E-state index contributed by atoms with van der Waals surface area (Å²) in [5.41, 5.74) is 1.38. The fourth-order valence-electron chi connectivity index (χ4n) is 5.56. The van der Waals surface area contributed by atoms with E-state index in [4.69, 9.17) is 0 Å². The number of thioether (sulfide) groups is 1. The molecule has 0 atom stereocenters. The average Bonchev–Trinajstić information content (AvgIpc) is 2.53. The normalized spacial score (nSPS) is 33.9. The summed E-state index contributed by atoms with van der Waals surface area (Å²) in [6.45, 7) is 0. The van der Waals surface area contributed by atoms with Crippen molar-refractivity contribution >= 4 is 23.7 Å². The van der Waals surface area contributed by atoms with Crippen LogP contribution in [0.2, 0.25) is 0 Å². The Balaban J connectivity index is 1.22. The first-order valence-electron chi connectivity index (χ1n) is 9.31. The lowest BCUT2D eigenvalue weighted by Gasteiger charge is -2.56. The van der Waals surface area contributed by atoms with E-state index in [0.29, 0.717) is 5.75 Å². The summed E-state index contributed by atoms with van der Waals surface area (Å²) in [4.78, 5) is 12.4. The molecule has 0 saturated heterocycles. The lowest BCUT2D eigenvalue weighted by molar-refractivity contribution is -0.124. The minimum absolute atomic E-state index is 0.159. The Morgan fingerprint density at radius 1 is 1.08 bits per heavy atom. The second-order valence-corrected chi connectivity index (χ2v) is 9.10. The predicted molar refractivity (Wildman–Crippen MR) is 102 cm³/mol. The van der Waals surface area contributed by atoms with Crippen molar-refractivity contribution in [1.29, 1.82) is 0 Å². The van der Waals surface area contributed by atoms with E-state index in [1.165, 1.54) is 44.1 Å². The Hall–Kier alpha value is -1.22. The Morgan fingerprint density at radius 3 is 2.33 bits per heavy atom. The van der Waals surface area contributed by atoms with E-state index >= 15 is 0 Å². The van der Waals surface area contributed by atoms with Crippen LogP contribution >= 0.6 is 11.8 Å². The van der Waals surface area contributed by atoms with Crippen LogP contribution in [0.25, 0.3) is 6.08 Å². The van der Waals surface area contributed by atoms with Gasteiger partial charge in [-0.15, -0.1) is 11.8 Å². The highest BCUT2D eigenvalue weighted by atomic mass is 32.2. The second kappa shape index (κ2) is 6.95. The van der Waals surface area contributed by atoms with E-state index in [-0.39, 0.29) is 11.4 Å². The van der Waals surface area contributed by atoms with Gasteiger partial charge in [0.2, 0.25) is 5.91 Å². The van der Waals surface area contributed by atoms with Gasteiger partial charge in [0.1, 0.15) is 0 Å². The van der Waals surface area contributed by atoms with Crippen molar-refractivity contribution in [2.24, 2.45) is 17.8 Å². The SMILES string of the molecule is O=C(CSC/C=C\c1ccccc1)NC12CC3CC(CC(C3)C1)C2. The van der Waals surface area contributed by atoms with E-state index in [2.05, 4.69) is 29.6 Å². The number of hydrogen-bond donors (Lipinski definition) is 1. The summed E-state index contributed by atoms with van der Waals surface area (Å²) in [6, 6.07) is 10.3. The molecule has 0 heterocycles. The monoisotopic (exact) mass is 341 g/mol. The summed E-state index contributed by atoms with van der Waals surface area (Å²) in [7, 11) is 0. The first-order valence-corrected chi connectivity index (χ1v) is 10.5. The topological polar surface area (TPSA) is 29.1 Å². The van der Waals surface area contributed by atoms with Gasteiger partial charge in [-0.1, -0.05) is 42.5 Å². The molecule has 0 unspecified atom stereocenters. The van der Waals surface area contributed by atoms with Crippen molar-refractivity contribution in [3.05, 3.63) is 42.0 Å². The quantitative estimate of drug-likeness (QED) is 0.771. The van der Waals surface area contributed by atoms with E-state index in [0.717, 1.165) is 23.5 Å². The van der Waals surface area contributed by atoms with E-state index in [9.17, 15) is 4.79 Å². The summed E-state index contributed by atoms with van der Waals surface area (Å²) in [6.07, 6.45) is 12.3. The van der Waals surface area contributed by atoms with Gasteiger partial charge in [0, 0.05) is 11.3 Å². The molecule has 4 saturated carbocycles. The highest BCUT2D eigenvalue weighted by Gasteiger charge is 2.51. The van der Waals surface area contributed by atoms with Crippen LogP contribution in [-0.2, 0) is 4.79 Å². The van der Waals surface area contributed by atoms with Gasteiger partial charge in [-0.05, 0) is 61.8 Å². The summed E-state index contributed by atoms with van der Waals surface area (Å²) in [5, 5.41) is 3.45. The Kier molecular flexibility index (Phi) is 4.71. The largest absolute Gasteiger partial charge is 0.350 e. The van der Waals surface area contributed by atoms with Gasteiger partial charge >= 0.3 is 0 Å². The Labute approximate surface area is 149 Å². The molecule has 1 aromatic rings. The first kappa shape index (κ1) is 16.3. The van der Waals surface area contributed by atoms with Gasteiger partial charge in [-0.2, -0.15) is 0 Å². The molecule has 24 heavy (non-hydrogen) atoms. The van der Waals surface area contributed by atoms with Crippen molar-refractivity contribution in [2.45, 2.75) is 44.1 Å². The van der Waals surface area contributed by atoms with Crippen LogP contribution in [0.4, 0.5) is 0 Å². The fraction of sp³-hybridized carbons (Fsp3) is 0.571. The van der Waals surface area contributed by atoms with Gasteiger partial charge in [0.25, 0.3) is 0 Å². The molecular weight excluding hydrogens is 314 g/mol. The van der Waals surface area contributed by atoms with Crippen molar-refractivity contribution < 1.29 is 4.79 Å². The van der Waals surface area contributed by atoms with Crippen LogP contribution in [0, 0.1) is 17.8 Å². The van der Waals surface area contributed by atoms with Gasteiger partial charge in [0.05, 0.1) is 5.75 Å². The first-order chi connectivity index (χ1) is 11.7. The van der Waals surface area contributed by atoms with Crippen molar-refractivity contribution in [2.75, 3.05) is 11.5 Å². The maximum absolute atomic E-state index is 12.4. The molecule has 1 amide bonds. The fourth-order valence-corrected chi connectivity index (χ4v) is 6.17. The van der Waals surface area contributed by atoms with E-state index < -0.39 is 0 Å². The number of hydrogen-bond acceptors (Lipinski definition) is 2. The second-order valence-electron chi connectivity index (χ2n) is 8.07. The Bertz CT molecular complexity index is 574. The lowest BCUT2D eigenvalue weighted by Crippen LogP contribution is -2.60. The molecule has 4 aliphatic carbocycles. The summed E-state index contributed by atoms with van der Waals surface area (Å²) >= 11 is 1.71. The standard InChI is InChI=1S/C21H27NOS/c23-20(15-24-8-4-7-16-5-2-1-3-6-16)22-21-12-17-9-18(13-21)11-19(10-17)14-21/h1-7,17-19H,8-15H2,(H,22,23)/b7-4-. The number of nitrogens with one attached hydrogen (secondary N) is 1.